The molecule has 0 spiro atoms. The van der Waals surface area contributed by atoms with Crippen molar-refractivity contribution in [2.45, 2.75) is 19.6 Å². The molecule has 0 saturated heterocycles. The maximum atomic E-state index is 11.5. The lowest BCUT2D eigenvalue weighted by molar-refractivity contribution is -0.145. The molecule has 0 aromatic heterocycles. The van der Waals surface area contributed by atoms with E-state index in [1.54, 1.807) is 11.8 Å². The van der Waals surface area contributed by atoms with Crippen molar-refractivity contribution in [3.63, 3.8) is 0 Å². The Bertz CT molecular complexity index is 369. The molecule has 1 aromatic rings. The number of hydrogen-bond acceptors (Lipinski definition) is 5. The number of benzene rings is 1. The molecule has 1 aromatic carbocycles. The van der Waals surface area contributed by atoms with Crippen molar-refractivity contribution in [1.29, 1.82) is 0 Å². The molecule has 2 N–H and O–H groups in total. The average molecular weight is 267 g/mol. The Labute approximate surface area is 113 Å². The lowest BCUT2D eigenvalue weighted by Gasteiger charge is -2.23. The van der Waals surface area contributed by atoms with Gasteiger partial charge >= 0.3 is 5.97 Å². The highest BCUT2D eigenvalue weighted by Crippen LogP contribution is 2.05. The first kappa shape index (κ1) is 15.6. The van der Waals surface area contributed by atoms with E-state index in [1.807, 2.05) is 30.3 Å². The van der Waals surface area contributed by atoms with Crippen molar-refractivity contribution < 1.29 is 19.7 Å². The lowest BCUT2D eigenvalue weighted by Crippen LogP contribution is -2.38. The highest BCUT2D eigenvalue weighted by atomic mass is 16.5. The van der Waals surface area contributed by atoms with Crippen molar-refractivity contribution in [2.24, 2.45) is 0 Å². The SMILES string of the molecule is CCOC(=O)CN(Cc1ccccc1)CC(O)CO. The van der Waals surface area contributed by atoms with Crippen LogP contribution in [-0.4, -0.2) is 53.5 Å². The Morgan fingerprint density at radius 1 is 1.37 bits per heavy atom. The molecule has 5 nitrogen and oxygen atoms in total. The number of rotatable bonds is 8. The van der Waals surface area contributed by atoms with Gasteiger partial charge in [0.25, 0.3) is 0 Å². The highest BCUT2D eigenvalue weighted by Gasteiger charge is 2.15. The van der Waals surface area contributed by atoms with Crippen molar-refractivity contribution in [2.75, 3.05) is 26.3 Å². The smallest absolute Gasteiger partial charge is 0.320 e. The van der Waals surface area contributed by atoms with E-state index in [0.29, 0.717) is 13.2 Å². The zero-order valence-electron chi connectivity index (χ0n) is 11.2. The van der Waals surface area contributed by atoms with Gasteiger partial charge in [0, 0.05) is 13.1 Å². The van der Waals surface area contributed by atoms with Crippen LogP contribution in [0.5, 0.6) is 0 Å². The third kappa shape index (κ3) is 6.33. The van der Waals surface area contributed by atoms with Gasteiger partial charge in [-0.1, -0.05) is 30.3 Å². The molecule has 0 heterocycles. The standard InChI is InChI=1S/C14H21NO4/c1-2-19-14(18)10-15(9-13(17)11-16)8-12-6-4-3-5-7-12/h3-7,13,16-17H,2,8-11H2,1H3. The van der Waals surface area contributed by atoms with Gasteiger partial charge in [-0.05, 0) is 12.5 Å². The fourth-order valence-corrected chi connectivity index (χ4v) is 1.77. The van der Waals surface area contributed by atoms with Gasteiger partial charge in [0.2, 0.25) is 0 Å². The molecule has 1 rings (SSSR count). The summed E-state index contributed by atoms with van der Waals surface area (Å²) in [5.41, 5.74) is 1.04. The molecule has 0 aliphatic heterocycles. The number of carbonyl (C=O) groups excluding carboxylic acids is 1. The van der Waals surface area contributed by atoms with Gasteiger partial charge in [-0.3, -0.25) is 9.69 Å². The van der Waals surface area contributed by atoms with E-state index in [-0.39, 0.29) is 25.7 Å². The van der Waals surface area contributed by atoms with E-state index >= 15 is 0 Å². The summed E-state index contributed by atoms with van der Waals surface area (Å²) in [6.45, 7) is 2.61. The zero-order valence-corrected chi connectivity index (χ0v) is 11.2. The molecule has 0 bridgehead atoms. The van der Waals surface area contributed by atoms with Crippen molar-refractivity contribution in [3.05, 3.63) is 35.9 Å². The largest absolute Gasteiger partial charge is 0.465 e. The van der Waals surface area contributed by atoms with Gasteiger partial charge in [-0.15, -0.1) is 0 Å². The minimum Gasteiger partial charge on any atom is -0.465 e. The summed E-state index contributed by atoms with van der Waals surface area (Å²) in [6.07, 6.45) is -0.863. The molecule has 0 aliphatic carbocycles. The second-order valence-electron chi connectivity index (χ2n) is 4.30. The average Bonchev–Trinajstić information content (AvgIpc) is 2.39. The van der Waals surface area contributed by atoms with E-state index in [0.717, 1.165) is 5.56 Å². The molecular weight excluding hydrogens is 246 g/mol. The lowest BCUT2D eigenvalue weighted by atomic mass is 10.2. The number of aliphatic hydroxyl groups is 2. The minimum absolute atomic E-state index is 0.0970. The second kappa shape index (κ2) is 8.63. The van der Waals surface area contributed by atoms with E-state index in [9.17, 15) is 9.90 Å². The monoisotopic (exact) mass is 267 g/mol. The van der Waals surface area contributed by atoms with Gasteiger partial charge in [0.15, 0.2) is 0 Å². The van der Waals surface area contributed by atoms with E-state index in [1.165, 1.54) is 0 Å². The van der Waals surface area contributed by atoms with Crippen LogP contribution in [0.3, 0.4) is 0 Å². The molecule has 1 atom stereocenters. The third-order valence-electron chi connectivity index (χ3n) is 2.59. The maximum Gasteiger partial charge on any atom is 0.320 e. The quantitative estimate of drug-likeness (QED) is 0.667. The predicted octanol–water partition coefficient (Wildman–Crippen LogP) is 0.405. The Kier molecular flexibility index (Phi) is 7.10. The number of carbonyl (C=O) groups is 1. The molecule has 19 heavy (non-hydrogen) atoms. The number of esters is 1. The summed E-state index contributed by atoms with van der Waals surface area (Å²) >= 11 is 0. The van der Waals surface area contributed by atoms with Crippen LogP contribution in [0.1, 0.15) is 12.5 Å². The van der Waals surface area contributed by atoms with Crippen LogP contribution in [0.25, 0.3) is 0 Å². The van der Waals surface area contributed by atoms with Crippen LogP contribution in [0, 0.1) is 0 Å². The Morgan fingerprint density at radius 3 is 2.63 bits per heavy atom. The minimum atomic E-state index is -0.863. The van der Waals surface area contributed by atoms with E-state index in [2.05, 4.69) is 0 Å². The molecule has 0 amide bonds. The van der Waals surface area contributed by atoms with E-state index in [4.69, 9.17) is 9.84 Å². The molecule has 5 heteroatoms. The first-order valence-electron chi connectivity index (χ1n) is 6.36. The zero-order chi connectivity index (χ0) is 14.1. The van der Waals surface area contributed by atoms with Crippen LogP contribution in [0.2, 0.25) is 0 Å². The molecule has 0 fully saturated rings. The summed E-state index contributed by atoms with van der Waals surface area (Å²) < 4.78 is 4.90. The molecular formula is C14H21NO4. The summed E-state index contributed by atoms with van der Waals surface area (Å²) in [4.78, 5) is 13.3. The summed E-state index contributed by atoms with van der Waals surface area (Å²) in [5, 5.41) is 18.4. The first-order valence-corrected chi connectivity index (χ1v) is 6.36. The normalized spacial score (nSPS) is 12.4. The number of hydrogen-bond donors (Lipinski definition) is 2. The molecule has 0 saturated carbocycles. The van der Waals surface area contributed by atoms with Gasteiger partial charge < -0.3 is 14.9 Å². The number of aliphatic hydroxyl groups excluding tert-OH is 2. The highest BCUT2D eigenvalue weighted by molar-refractivity contribution is 5.71. The molecule has 0 radical (unpaired) electrons. The number of nitrogens with zero attached hydrogens (tertiary/aromatic N) is 1. The molecule has 0 aliphatic rings. The molecule has 106 valence electrons. The van der Waals surface area contributed by atoms with Gasteiger partial charge in [0.1, 0.15) is 0 Å². The Morgan fingerprint density at radius 2 is 2.05 bits per heavy atom. The second-order valence-corrected chi connectivity index (χ2v) is 4.30. The van der Waals surface area contributed by atoms with Crippen molar-refractivity contribution in [3.8, 4) is 0 Å². The van der Waals surface area contributed by atoms with Crippen LogP contribution < -0.4 is 0 Å². The summed E-state index contributed by atoms with van der Waals surface area (Å²) in [6, 6.07) is 9.65. The van der Waals surface area contributed by atoms with Gasteiger partial charge in [-0.25, -0.2) is 0 Å². The van der Waals surface area contributed by atoms with E-state index < -0.39 is 6.10 Å². The maximum absolute atomic E-state index is 11.5. The summed E-state index contributed by atoms with van der Waals surface area (Å²) in [5.74, 6) is -0.330. The fourth-order valence-electron chi connectivity index (χ4n) is 1.77. The van der Waals surface area contributed by atoms with Crippen LogP contribution >= 0.6 is 0 Å². The summed E-state index contributed by atoms with van der Waals surface area (Å²) in [7, 11) is 0. The predicted molar refractivity (Wildman–Crippen MR) is 71.4 cm³/mol. The third-order valence-corrected chi connectivity index (χ3v) is 2.59. The van der Waals surface area contributed by atoms with Gasteiger partial charge in [-0.2, -0.15) is 0 Å². The first-order chi connectivity index (χ1) is 9.15. The molecule has 1 unspecified atom stereocenters. The van der Waals surface area contributed by atoms with Crippen LogP contribution in [0.4, 0.5) is 0 Å². The van der Waals surface area contributed by atoms with Gasteiger partial charge in [0.05, 0.1) is 25.9 Å². The topological polar surface area (TPSA) is 70.0 Å². The Hall–Kier alpha value is -1.43. The fraction of sp³-hybridized carbons (Fsp3) is 0.500. The van der Waals surface area contributed by atoms with Crippen LogP contribution in [0.15, 0.2) is 30.3 Å². The Balaban J connectivity index is 2.60. The van der Waals surface area contributed by atoms with Crippen molar-refractivity contribution in [1.82, 2.24) is 4.90 Å². The van der Waals surface area contributed by atoms with Crippen molar-refractivity contribution >= 4 is 5.97 Å². The number of ether oxygens (including phenoxy) is 1. The van der Waals surface area contributed by atoms with Crippen LogP contribution in [-0.2, 0) is 16.1 Å².